The van der Waals surface area contributed by atoms with Crippen LogP contribution in [0.3, 0.4) is 0 Å². The van der Waals surface area contributed by atoms with E-state index in [0.717, 1.165) is 4.47 Å². The molecule has 0 saturated carbocycles. The lowest BCUT2D eigenvalue weighted by atomic mass is 10.2. The van der Waals surface area contributed by atoms with Gasteiger partial charge in [0.2, 0.25) is 0 Å². The molecule has 1 N–H and O–H groups in total. The van der Waals surface area contributed by atoms with Crippen molar-refractivity contribution < 1.29 is 9.18 Å². The first kappa shape index (κ1) is 14.5. The van der Waals surface area contributed by atoms with E-state index in [-0.39, 0.29) is 10.0 Å². The highest BCUT2D eigenvalue weighted by Gasteiger charge is 2.14. The summed E-state index contributed by atoms with van der Waals surface area (Å²) < 4.78 is 14.3. The van der Waals surface area contributed by atoms with Gasteiger partial charge in [0.25, 0.3) is 5.91 Å². The summed E-state index contributed by atoms with van der Waals surface area (Å²) in [5.74, 6) is -0.926. The first-order valence-corrected chi connectivity index (χ1v) is 7.16. The summed E-state index contributed by atoms with van der Waals surface area (Å²) in [6, 6.07) is 9.35. The summed E-state index contributed by atoms with van der Waals surface area (Å²) >= 11 is 12.3. The van der Waals surface area contributed by atoms with Gasteiger partial charge in [-0.15, -0.1) is 0 Å². The first-order valence-electron chi connectivity index (χ1n) is 5.19. The van der Waals surface area contributed by atoms with Crippen LogP contribution in [0, 0.1) is 5.82 Å². The Morgan fingerprint density at radius 1 is 1.21 bits per heavy atom. The molecular formula is C13H7Br2ClFNO. The number of hydrogen-bond donors (Lipinski definition) is 1. The monoisotopic (exact) mass is 405 g/mol. The highest BCUT2D eigenvalue weighted by atomic mass is 79.9. The van der Waals surface area contributed by atoms with Gasteiger partial charge in [0.15, 0.2) is 0 Å². The van der Waals surface area contributed by atoms with Crippen LogP contribution in [0.2, 0.25) is 5.02 Å². The van der Waals surface area contributed by atoms with Crippen molar-refractivity contribution in [3.63, 3.8) is 0 Å². The Hall–Kier alpha value is -0.910. The Balaban J connectivity index is 2.28. The number of anilines is 1. The van der Waals surface area contributed by atoms with Crippen LogP contribution in [0.1, 0.15) is 10.4 Å². The predicted molar refractivity (Wildman–Crippen MR) is 81.2 cm³/mol. The Kier molecular flexibility index (Phi) is 4.60. The Labute approximate surface area is 131 Å². The molecule has 0 aliphatic rings. The normalized spacial score (nSPS) is 10.3. The summed E-state index contributed by atoms with van der Waals surface area (Å²) in [4.78, 5) is 12.0. The van der Waals surface area contributed by atoms with E-state index < -0.39 is 11.7 Å². The molecule has 2 nitrogen and oxygen atoms in total. The SMILES string of the molecule is O=C(Nc1ccc(Br)cc1Cl)c1cccc(F)c1Br. The Morgan fingerprint density at radius 3 is 2.63 bits per heavy atom. The van der Waals surface area contributed by atoms with Crippen molar-refractivity contribution in [2.45, 2.75) is 0 Å². The quantitative estimate of drug-likeness (QED) is 0.723. The lowest BCUT2D eigenvalue weighted by molar-refractivity contribution is 0.102. The molecule has 19 heavy (non-hydrogen) atoms. The van der Waals surface area contributed by atoms with Crippen LogP contribution in [-0.2, 0) is 0 Å². The highest BCUT2D eigenvalue weighted by molar-refractivity contribution is 9.10. The molecule has 0 bridgehead atoms. The Bertz CT molecular complexity index is 649. The molecule has 2 aromatic carbocycles. The zero-order valence-corrected chi connectivity index (χ0v) is 13.3. The third kappa shape index (κ3) is 3.35. The van der Waals surface area contributed by atoms with E-state index in [1.54, 1.807) is 18.2 Å². The number of benzene rings is 2. The molecule has 0 radical (unpaired) electrons. The van der Waals surface area contributed by atoms with Gasteiger partial charge in [0.05, 0.1) is 20.7 Å². The standard InChI is InChI=1S/C13H7Br2ClFNO/c14-7-4-5-11(9(16)6-7)18-13(19)8-2-1-3-10(17)12(8)15/h1-6H,(H,18,19). The summed E-state index contributed by atoms with van der Waals surface area (Å²) in [5.41, 5.74) is 0.671. The van der Waals surface area contributed by atoms with E-state index in [1.807, 2.05) is 0 Å². The molecule has 2 rings (SSSR count). The van der Waals surface area contributed by atoms with Crippen molar-refractivity contribution >= 4 is 55.1 Å². The van der Waals surface area contributed by atoms with Crippen LogP contribution in [0.5, 0.6) is 0 Å². The molecule has 0 unspecified atom stereocenters. The van der Waals surface area contributed by atoms with Gasteiger partial charge in [0, 0.05) is 4.47 Å². The van der Waals surface area contributed by atoms with Crippen molar-refractivity contribution in [2.75, 3.05) is 5.32 Å². The average molecular weight is 407 g/mol. The second-order valence-corrected chi connectivity index (χ2v) is 5.80. The minimum absolute atomic E-state index is 0.126. The lowest BCUT2D eigenvalue weighted by Gasteiger charge is -2.09. The number of carbonyl (C=O) groups is 1. The van der Waals surface area contributed by atoms with Crippen LogP contribution in [0.15, 0.2) is 45.3 Å². The summed E-state index contributed by atoms with van der Waals surface area (Å²) in [5, 5.41) is 3.03. The molecule has 1 amide bonds. The lowest BCUT2D eigenvalue weighted by Crippen LogP contribution is -2.13. The average Bonchev–Trinajstić information content (AvgIpc) is 2.36. The molecule has 0 aliphatic heterocycles. The minimum Gasteiger partial charge on any atom is -0.321 e. The maximum atomic E-state index is 13.4. The van der Waals surface area contributed by atoms with Crippen molar-refractivity contribution in [1.82, 2.24) is 0 Å². The third-order valence-electron chi connectivity index (χ3n) is 2.38. The molecule has 0 fully saturated rings. The molecular weight excluding hydrogens is 400 g/mol. The Morgan fingerprint density at radius 2 is 1.95 bits per heavy atom. The maximum Gasteiger partial charge on any atom is 0.256 e. The van der Waals surface area contributed by atoms with Crippen LogP contribution in [-0.4, -0.2) is 5.91 Å². The third-order valence-corrected chi connectivity index (χ3v) is 3.99. The van der Waals surface area contributed by atoms with Crippen molar-refractivity contribution in [1.29, 1.82) is 0 Å². The smallest absolute Gasteiger partial charge is 0.256 e. The molecule has 0 spiro atoms. The molecule has 0 saturated heterocycles. The fourth-order valence-electron chi connectivity index (χ4n) is 1.46. The second-order valence-electron chi connectivity index (χ2n) is 3.68. The molecule has 0 heterocycles. The zero-order chi connectivity index (χ0) is 14.0. The summed E-state index contributed by atoms with van der Waals surface area (Å²) in [6.07, 6.45) is 0. The van der Waals surface area contributed by atoms with Gasteiger partial charge in [-0.25, -0.2) is 4.39 Å². The van der Waals surface area contributed by atoms with Crippen LogP contribution in [0.25, 0.3) is 0 Å². The number of carbonyl (C=O) groups excluding carboxylic acids is 1. The van der Waals surface area contributed by atoms with E-state index in [1.165, 1.54) is 18.2 Å². The van der Waals surface area contributed by atoms with Crippen molar-refractivity contribution in [2.24, 2.45) is 0 Å². The highest BCUT2D eigenvalue weighted by Crippen LogP contribution is 2.27. The van der Waals surface area contributed by atoms with Crippen LogP contribution >= 0.6 is 43.5 Å². The minimum atomic E-state index is -0.491. The molecule has 2 aromatic rings. The van der Waals surface area contributed by atoms with Gasteiger partial charge in [-0.3, -0.25) is 4.79 Å². The van der Waals surface area contributed by atoms with Gasteiger partial charge in [0.1, 0.15) is 5.82 Å². The fourth-order valence-corrected chi connectivity index (χ4v) is 2.62. The van der Waals surface area contributed by atoms with E-state index in [0.29, 0.717) is 10.7 Å². The van der Waals surface area contributed by atoms with Gasteiger partial charge >= 0.3 is 0 Å². The zero-order valence-electron chi connectivity index (χ0n) is 9.38. The number of halogens is 4. The number of hydrogen-bond acceptors (Lipinski definition) is 1. The van der Waals surface area contributed by atoms with Gasteiger partial charge in [-0.05, 0) is 46.3 Å². The van der Waals surface area contributed by atoms with E-state index in [2.05, 4.69) is 37.2 Å². The molecule has 0 aliphatic carbocycles. The molecule has 0 aromatic heterocycles. The van der Waals surface area contributed by atoms with Gasteiger partial charge in [-0.1, -0.05) is 33.6 Å². The van der Waals surface area contributed by atoms with Crippen molar-refractivity contribution in [3.05, 3.63) is 61.7 Å². The predicted octanol–water partition coefficient (Wildman–Crippen LogP) is 5.26. The largest absolute Gasteiger partial charge is 0.321 e. The molecule has 0 atom stereocenters. The van der Waals surface area contributed by atoms with Gasteiger partial charge in [-0.2, -0.15) is 0 Å². The molecule has 98 valence electrons. The number of amides is 1. The maximum absolute atomic E-state index is 13.4. The summed E-state index contributed by atoms with van der Waals surface area (Å²) in [6.45, 7) is 0. The fraction of sp³-hybridized carbons (Fsp3) is 0. The van der Waals surface area contributed by atoms with E-state index in [4.69, 9.17) is 11.6 Å². The van der Waals surface area contributed by atoms with Crippen molar-refractivity contribution in [3.8, 4) is 0 Å². The van der Waals surface area contributed by atoms with Crippen LogP contribution < -0.4 is 5.32 Å². The van der Waals surface area contributed by atoms with E-state index >= 15 is 0 Å². The topological polar surface area (TPSA) is 29.1 Å². The molecule has 6 heteroatoms. The second kappa shape index (κ2) is 6.03. The summed E-state index contributed by atoms with van der Waals surface area (Å²) in [7, 11) is 0. The van der Waals surface area contributed by atoms with Crippen LogP contribution in [0.4, 0.5) is 10.1 Å². The number of nitrogens with one attached hydrogen (secondary N) is 1. The van der Waals surface area contributed by atoms with E-state index in [9.17, 15) is 9.18 Å². The number of rotatable bonds is 2. The first-order chi connectivity index (χ1) is 8.99. The van der Waals surface area contributed by atoms with Gasteiger partial charge < -0.3 is 5.32 Å².